The minimum atomic E-state index is -0.496. The highest BCUT2D eigenvalue weighted by Gasteiger charge is 2.27. The number of rotatable bonds is 2. The lowest BCUT2D eigenvalue weighted by Crippen LogP contribution is -2.23. The average molecular weight is 208 g/mol. The van der Waals surface area contributed by atoms with Crippen molar-refractivity contribution in [2.24, 2.45) is 10.4 Å². The lowest BCUT2D eigenvalue weighted by Gasteiger charge is -2.18. The number of halogens is 2. The van der Waals surface area contributed by atoms with Crippen LogP contribution in [0, 0.1) is 5.41 Å². The van der Waals surface area contributed by atoms with Gasteiger partial charge in [-0.2, -0.15) is 0 Å². The van der Waals surface area contributed by atoms with Gasteiger partial charge < -0.3 is 4.74 Å². The van der Waals surface area contributed by atoms with E-state index in [1.807, 2.05) is 19.9 Å². The van der Waals surface area contributed by atoms with Crippen molar-refractivity contribution in [1.29, 1.82) is 0 Å². The minimum Gasteiger partial charge on any atom is -0.477 e. The highest BCUT2D eigenvalue weighted by Crippen LogP contribution is 2.25. The first-order chi connectivity index (χ1) is 5.52. The topological polar surface area (TPSA) is 21.6 Å². The van der Waals surface area contributed by atoms with Crippen LogP contribution in [-0.4, -0.2) is 17.3 Å². The normalized spacial score (nSPS) is 19.9. The summed E-state index contributed by atoms with van der Waals surface area (Å²) in [7, 11) is 0. The average Bonchev–Trinajstić information content (AvgIpc) is 2.25. The van der Waals surface area contributed by atoms with Gasteiger partial charge in [0.15, 0.2) is 5.90 Å². The minimum absolute atomic E-state index is 0.122. The monoisotopic (exact) mass is 207 g/mol. The van der Waals surface area contributed by atoms with E-state index in [1.165, 1.54) is 0 Å². The van der Waals surface area contributed by atoms with Crippen LogP contribution in [0.2, 0.25) is 0 Å². The molecule has 0 bridgehead atoms. The summed E-state index contributed by atoms with van der Waals surface area (Å²) in [6.07, 6.45) is 3.70. The van der Waals surface area contributed by atoms with Gasteiger partial charge in [0.2, 0.25) is 0 Å². The molecule has 4 heteroatoms. The van der Waals surface area contributed by atoms with Crippen LogP contribution in [0.5, 0.6) is 0 Å². The molecule has 0 atom stereocenters. The third-order valence-electron chi connectivity index (χ3n) is 1.58. The van der Waals surface area contributed by atoms with Crippen LogP contribution >= 0.6 is 23.2 Å². The van der Waals surface area contributed by atoms with Gasteiger partial charge in [-0.05, 0) is 13.8 Å². The number of hydrogen-bond donors (Lipinski definition) is 0. The predicted molar refractivity (Wildman–Crippen MR) is 51.8 cm³/mol. The van der Waals surface area contributed by atoms with Crippen LogP contribution in [0.3, 0.4) is 0 Å². The molecule has 0 unspecified atom stereocenters. The predicted octanol–water partition coefficient (Wildman–Crippen LogP) is 2.76. The smallest absolute Gasteiger partial charge is 0.197 e. The maximum absolute atomic E-state index is 5.51. The number of ether oxygens (including phenoxy) is 1. The van der Waals surface area contributed by atoms with Crippen LogP contribution in [0.1, 0.15) is 13.8 Å². The second kappa shape index (κ2) is 3.67. The van der Waals surface area contributed by atoms with E-state index in [9.17, 15) is 0 Å². The summed E-state index contributed by atoms with van der Waals surface area (Å²) < 4.78 is 5.30. The number of hydrogen-bond acceptors (Lipinski definition) is 2. The second-order valence-corrected chi connectivity index (χ2v) is 4.45. The lowest BCUT2D eigenvalue weighted by molar-refractivity contribution is 0.289. The molecule has 0 amide bonds. The summed E-state index contributed by atoms with van der Waals surface area (Å²) >= 11 is 11.0. The first kappa shape index (κ1) is 9.87. The molecule has 0 aromatic rings. The highest BCUT2D eigenvalue weighted by molar-refractivity contribution is 6.44. The van der Waals surface area contributed by atoms with Gasteiger partial charge in [-0.3, -0.25) is 0 Å². The second-order valence-electron chi connectivity index (χ2n) is 3.17. The van der Waals surface area contributed by atoms with E-state index in [-0.39, 0.29) is 12.0 Å². The van der Waals surface area contributed by atoms with Crippen molar-refractivity contribution in [2.75, 3.05) is 6.61 Å². The van der Waals surface area contributed by atoms with Crippen molar-refractivity contribution in [3.63, 3.8) is 0 Å². The molecular formula is C8H11Cl2NO. The molecule has 0 spiro atoms. The van der Waals surface area contributed by atoms with E-state index in [2.05, 4.69) is 4.99 Å². The molecule has 1 heterocycles. The Bertz CT molecular complexity index is 221. The quantitative estimate of drug-likeness (QED) is 0.639. The van der Waals surface area contributed by atoms with Crippen molar-refractivity contribution < 1.29 is 4.74 Å². The molecule has 0 N–H and O–H groups in total. The van der Waals surface area contributed by atoms with Gasteiger partial charge in [-0.25, -0.2) is 4.99 Å². The largest absolute Gasteiger partial charge is 0.477 e. The van der Waals surface area contributed by atoms with Gasteiger partial charge in [-0.15, -0.1) is 23.2 Å². The molecule has 0 fully saturated rings. The van der Waals surface area contributed by atoms with Gasteiger partial charge in [0.25, 0.3) is 0 Å². The summed E-state index contributed by atoms with van der Waals surface area (Å²) in [5.74, 6) is 0.675. The number of alkyl halides is 2. The Balaban J connectivity index is 2.45. The Kier molecular flexibility index (Phi) is 3.02. The molecule has 2 nitrogen and oxygen atoms in total. The van der Waals surface area contributed by atoms with Crippen molar-refractivity contribution in [1.82, 2.24) is 0 Å². The van der Waals surface area contributed by atoms with Crippen LogP contribution < -0.4 is 0 Å². The van der Waals surface area contributed by atoms with Crippen molar-refractivity contribution in [3.05, 3.63) is 12.3 Å². The van der Waals surface area contributed by atoms with E-state index in [1.54, 1.807) is 6.20 Å². The van der Waals surface area contributed by atoms with Crippen LogP contribution in [0.15, 0.2) is 17.3 Å². The number of aliphatic imine (C=N–C) groups is 1. The first-order valence-corrected chi connectivity index (χ1v) is 4.56. The Morgan fingerprint density at radius 3 is 2.67 bits per heavy atom. The first-order valence-electron chi connectivity index (χ1n) is 3.69. The van der Waals surface area contributed by atoms with Crippen LogP contribution in [0.25, 0.3) is 0 Å². The van der Waals surface area contributed by atoms with Crippen molar-refractivity contribution in [2.45, 2.75) is 18.7 Å². The SMILES string of the molecule is CC1(C)C=CN=C1OCC(Cl)Cl. The third kappa shape index (κ3) is 2.39. The zero-order valence-electron chi connectivity index (χ0n) is 7.05. The number of nitrogens with zero attached hydrogens (tertiary/aromatic N) is 1. The van der Waals surface area contributed by atoms with Crippen LogP contribution in [0.4, 0.5) is 0 Å². The fourth-order valence-corrected chi connectivity index (χ4v) is 1.02. The Hall–Kier alpha value is -0.210. The molecule has 0 saturated carbocycles. The molecule has 0 radical (unpaired) electrons. The van der Waals surface area contributed by atoms with Gasteiger partial charge in [0, 0.05) is 6.20 Å². The zero-order valence-corrected chi connectivity index (χ0v) is 8.56. The fraction of sp³-hybridized carbons (Fsp3) is 0.625. The van der Waals surface area contributed by atoms with E-state index in [4.69, 9.17) is 27.9 Å². The zero-order chi connectivity index (χ0) is 9.19. The van der Waals surface area contributed by atoms with E-state index < -0.39 is 4.84 Å². The maximum Gasteiger partial charge on any atom is 0.197 e. The molecule has 12 heavy (non-hydrogen) atoms. The Morgan fingerprint density at radius 1 is 1.58 bits per heavy atom. The fourth-order valence-electron chi connectivity index (χ4n) is 0.894. The molecule has 1 aliphatic rings. The molecule has 68 valence electrons. The van der Waals surface area contributed by atoms with Gasteiger partial charge in [-0.1, -0.05) is 6.08 Å². The molecular weight excluding hydrogens is 197 g/mol. The summed E-state index contributed by atoms with van der Waals surface area (Å²) in [5, 5.41) is 0. The van der Waals surface area contributed by atoms with Crippen molar-refractivity contribution in [3.8, 4) is 0 Å². The summed E-state index contributed by atoms with van der Waals surface area (Å²) in [6.45, 7) is 4.33. The van der Waals surface area contributed by atoms with Crippen molar-refractivity contribution >= 4 is 29.1 Å². The Morgan fingerprint density at radius 2 is 2.25 bits per heavy atom. The van der Waals surface area contributed by atoms with E-state index in [0.717, 1.165) is 0 Å². The molecule has 1 aliphatic heterocycles. The molecule has 1 rings (SSSR count). The molecule has 0 aromatic heterocycles. The van der Waals surface area contributed by atoms with Gasteiger partial charge in [0.05, 0.1) is 5.41 Å². The maximum atomic E-state index is 5.51. The summed E-state index contributed by atoms with van der Waals surface area (Å²) in [5.41, 5.74) is -0.122. The summed E-state index contributed by atoms with van der Waals surface area (Å²) in [4.78, 5) is 3.56. The standard InChI is InChI=1S/C8H11Cl2NO/c1-8(2)3-4-11-7(8)12-5-6(9)10/h3-4,6H,5H2,1-2H3. The third-order valence-corrected chi connectivity index (χ3v) is 1.83. The van der Waals surface area contributed by atoms with E-state index in [0.29, 0.717) is 5.90 Å². The summed E-state index contributed by atoms with van der Waals surface area (Å²) in [6, 6.07) is 0. The Labute approximate surface area is 82.2 Å². The molecule has 0 aliphatic carbocycles. The van der Waals surface area contributed by atoms with E-state index >= 15 is 0 Å². The molecule has 0 aromatic carbocycles. The molecule has 0 saturated heterocycles. The van der Waals surface area contributed by atoms with Crippen LogP contribution in [-0.2, 0) is 4.74 Å². The van der Waals surface area contributed by atoms with Gasteiger partial charge in [0.1, 0.15) is 11.4 Å². The van der Waals surface area contributed by atoms with Gasteiger partial charge >= 0.3 is 0 Å². The highest BCUT2D eigenvalue weighted by atomic mass is 35.5. The lowest BCUT2D eigenvalue weighted by atomic mass is 9.95.